The summed E-state index contributed by atoms with van der Waals surface area (Å²) in [5, 5.41) is 0. The van der Waals surface area contributed by atoms with Crippen LogP contribution in [0.4, 0.5) is 0 Å². The van der Waals surface area contributed by atoms with Gasteiger partial charge in [-0.2, -0.15) is 0 Å². The summed E-state index contributed by atoms with van der Waals surface area (Å²) in [4.78, 5) is 15.9. The van der Waals surface area contributed by atoms with Crippen molar-refractivity contribution in [3.8, 4) is 0 Å². The van der Waals surface area contributed by atoms with Gasteiger partial charge in [0.05, 0.1) is 0 Å². The summed E-state index contributed by atoms with van der Waals surface area (Å²) in [6.45, 7) is 4.16. The Labute approximate surface area is 104 Å². The van der Waals surface area contributed by atoms with Gasteiger partial charge in [-0.05, 0) is 25.0 Å². The fourth-order valence-corrected chi connectivity index (χ4v) is 1.99. The van der Waals surface area contributed by atoms with Crippen LogP contribution in [0.15, 0.2) is 18.5 Å². The Hall–Kier alpha value is -1.18. The summed E-state index contributed by atoms with van der Waals surface area (Å²) in [7, 11) is 0. The minimum Gasteiger partial charge on any atom is -0.294 e. The smallest absolute Gasteiger partial charge is 0.163 e. The van der Waals surface area contributed by atoms with E-state index in [-0.39, 0.29) is 5.78 Å². The number of rotatable bonds is 8. The minimum atomic E-state index is 0.264. The van der Waals surface area contributed by atoms with Crippen LogP contribution in [0.2, 0.25) is 0 Å². The molecule has 17 heavy (non-hydrogen) atoms. The van der Waals surface area contributed by atoms with Crippen LogP contribution < -0.4 is 0 Å². The second-order valence-electron chi connectivity index (χ2n) is 4.63. The Morgan fingerprint density at radius 2 is 1.88 bits per heavy atom. The van der Waals surface area contributed by atoms with Gasteiger partial charge in [-0.15, -0.1) is 0 Å². The SMILES string of the molecule is CCCCCCCCC(=O)c1ccncc1C. The van der Waals surface area contributed by atoms with Gasteiger partial charge in [0, 0.05) is 24.4 Å². The molecule has 0 bridgehead atoms. The highest BCUT2D eigenvalue weighted by Gasteiger charge is 2.07. The number of nitrogens with zero attached hydrogens (tertiary/aromatic N) is 1. The highest BCUT2D eigenvalue weighted by Crippen LogP contribution is 2.12. The van der Waals surface area contributed by atoms with Crippen LogP contribution in [-0.2, 0) is 0 Å². The maximum atomic E-state index is 11.9. The van der Waals surface area contributed by atoms with Crippen molar-refractivity contribution in [1.29, 1.82) is 0 Å². The Bertz CT molecular complexity index is 347. The molecule has 0 N–H and O–H groups in total. The number of hydrogen-bond acceptors (Lipinski definition) is 2. The lowest BCUT2D eigenvalue weighted by Crippen LogP contribution is -2.01. The summed E-state index contributed by atoms with van der Waals surface area (Å²) in [5.74, 6) is 0.264. The lowest BCUT2D eigenvalue weighted by molar-refractivity contribution is 0.0978. The Balaban J connectivity index is 2.24. The number of Topliss-reactive ketones (excluding diaryl/α,β-unsaturated/α-hetero) is 1. The van der Waals surface area contributed by atoms with E-state index in [9.17, 15) is 4.79 Å². The average molecular weight is 233 g/mol. The van der Waals surface area contributed by atoms with E-state index in [2.05, 4.69) is 11.9 Å². The molecule has 1 rings (SSSR count). The molecule has 0 aliphatic carbocycles. The quantitative estimate of drug-likeness (QED) is 0.494. The third-order valence-corrected chi connectivity index (χ3v) is 3.08. The average Bonchev–Trinajstić information content (AvgIpc) is 2.34. The number of ketones is 1. The van der Waals surface area contributed by atoms with E-state index in [0.29, 0.717) is 6.42 Å². The Kier molecular flexibility index (Phi) is 6.53. The number of carbonyl (C=O) groups excluding carboxylic acids is 1. The number of aromatic nitrogens is 1. The van der Waals surface area contributed by atoms with Crippen molar-refractivity contribution in [3.05, 3.63) is 29.6 Å². The van der Waals surface area contributed by atoms with Crippen LogP contribution in [0.25, 0.3) is 0 Å². The highest BCUT2D eigenvalue weighted by molar-refractivity contribution is 5.97. The topological polar surface area (TPSA) is 30.0 Å². The zero-order valence-corrected chi connectivity index (χ0v) is 11.0. The van der Waals surface area contributed by atoms with Gasteiger partial charge >= 0.3 is 0 Å². The zero-order chi connectivity index (χ0) is 12.5. The molecule has 1 heterocycles. The minimum absolute atomic E-state index is 0.264. The van der Waals surface area contributed by atoms with Crippen LogP contribution >= 0.6 is 0 Å². The van der Waals surface area contributed by atoms with Crippen molar-refractivity contribution < 1.29 is 4.79 Å². The number of pyridine rings is 1. The predicted octanol–water partition coefficient (Wildman–Crippen LogP) is 4.32. The highest BCUT2D eigenvalue weighted by atomic mass is 16.1. The third kappa shape index (κ3) is 5.12. The van der Waals surface area contributed by atoms with Crippen LogP contribution in [-0.4, -0.2) is 10.8 Å². The van der Waals surface area contributed by atoms with E-state index in [1.165, 1.54) is 32.1 Å². The summed E-state index contributed by atoms with van der Waals surface area (Å²) in [6, 6.07) is 1.83. The second kappa shape index (κ2) is 7.99. The van der Waals surface area contributed by atoms with Crippen LogP contribution in [0.3, 0.4) is 0 Å². The Morgan fingerprint density at radius 1 is 1.18 bits per heavy atom. The first-order valence-corrected chi connectivity index (χ1v) is 6.69. The molecule has 0 radical (unpaired) electrons. The van der Waals surface area contributed by atoms with E-state index in [4.69, 9.17) is 0 Å². The molecule has 0 saturated heterocycles. The molecule has 94 valence electrons. The monoisotopic (exact) mass is 233 g/mol. The molecule has 0 amide bonds. The molecule has 0 atom stereocenters. The fourth-order valence-electron chi connectivity index (χ4n) is 1.99. The second-order valence-corrected chi connectivity index (χ2v) is 4.63. The van der Waals surface area contributed by atoms with E-state index >= 15 is 0 Å². The molecular weight excluding hydrogens is 210 g/mol. The van der Waals surface area contributed by atoms with Gasteiger partial charge in [-0.25, -0.2) is 0 Å². The van der Waals surface area contributed by atoms with Gasteiger partial charge in [0.25, 0.3) is 0 Å². The standard InChI is InChI=1S/C15H23NO/c1-3-4-5-6-7-8-9-15(17)14-10-11-16-12-13(14)2/h10-12H,3-9H2,1-2H3. The normalized spacial score (nSPS) is 10.5. The maximum Gasteiger partial charge on any atom is 0.163 e. The number of hydrogen-bond donors (Lipinski definition) is 0. The first-order chi connectivity index (χ1) is 8.25. The van der Waals surface area contributed by atoms with Crippen LogP contribution in [0.5, 0.6) is 0 Å². The van der Waals surface area contributed by atoms with Gasteiger partial charge in [0.2, 0.25) is 0 Å². The summed E-state index contributed by atoms with van der Waals surface area (Å²) in [6.07, 6.45) is 11.5. The molecule has 0 aromatic carbocycles. The molecule has 2 heteroatoms. The first kappa shape index (κ1) is 13.9. The molecule has 0 fully saturated rings. The van der Waals surface area contributed by atoms with Crippen LogP contribution in [0.1, 0.15) is 67.8 Å². The number of aryl methyl sites for hydroxylation is 1. The van der Waals surface area contributed by atoms with Gasteiger partial charge in [0.1, 0.15) is 0 Å². The maximum absolute atomic E-state index is 11.9. The fraction of sp³-hybridized carbons (Fsp3) is 0.600. The molecular formula is C15H23NO. The molecule has 0 spiro atoms. The van der Waals surface area contributed by atoms with Gasteiger partial charge in [-0.1, -0.05) is 39.0 Å². The summed E-state index contributed by atoms with van der Waals surface area (Å²) < 4.78 is 0. The summed E-state index contributed by atoms with van der Waals surface area (Å²) in [5.41, 5.74) is 1.83. The molecule has 0 saturated carbocycles. The van der Waals surface area contributed by atoms with Crippen molar-refractivity contribution in [2.24, 2.45) is 0 Å². The predicted molar refractivity (Wildman–Crippen MR) is 71.3 cm³/mol. The lowest BCUT2D eigenvalue weighted by atomic mass is 10.0. The van der Waals surface area contributed by atoms with Crippen molar-refractivity contribution in [2.45, 2.75) is 58.8 Å². The van der Waals surface area contributed by atoms with E-state index in [1.807, 2.05) is 13.0 Å². The van der Waals surface area contributed by atoms with Crippen molar-refractivity contribution in [2.75, 3.05) is 0 Å². The van der Waals surface area contributed by atoms with Gasteiger partial charge in [-0.3, -0.25) is 9.78 Å². The third-order valence-electron chi connectivity index (χ3n) is 3.08. The van der Waals surface area contributed by atoms with E-state index in [0.717, 1.165) is 17.5 Å². The molecule has 1 aromatic rings. The molecule has 0 aliphatic rings. The van der Waals surface area contributed by atoms with Crippen molar-refractivity contribution in [1.82, 2.24) is 4.98 Å². The molecule has 2 nitrogen and oxygen atoms in total. The molecule has 0 aliphatic heterocycles. The summed E-state index contributed by atoms with van der Waals surface area (Å²) >= 11 is 0. The zero-order valence-electron chi connectivity index (χ0n) is 11.0. The van der Waals surface area contributed by atoms with Gasteiger partial charge in [0.15, 0.2) is 5.78 Å². The van der Waals surface area contributed by atoms with E-state index < -0.39 is 0 Å². The van der Waals surface area contributed by atoms with Crippen molar-refractivity contribution in [3.63, 3.8) is 0 Å². The Morgan fingerprint density at radius 3 is 2.59 bits per heavy atom. The van der Waals surface area contributed by atoms with Crippen LogP contribution in [0, 0.1) is 6.92 Å². The van der Waals surface area contributed by atoms with E-state index in [1.54, 1.807) is 12.4 Å². The number of carbonyl (C=O) groups is 1. The largest absolute Gasteiger partial charge is 0.294 e. The van der Waals surface area contributed by atoms with Gasteiger partial charge < -0.3 is 0 Å². The molecule has 1 aromatic heterocycles. The lowest BCUT2D eigenvalue weighted by Gasteiger charge is -2.04. The number of unbranched alkanes of at least 4 members (excludes halogenated alkanes) is 5. The van der Waals surface area contributed by atoms with Crippen molar-refractivity contribution >= 4 is 5.78 Å². The first-order valence-electron chi connectivity index (χ1n) is 6.69. The molecule has 0 unspecified atom stereocenters.